The smallest absolute Gasteiger partial charge is 0.262 e. The van der Waals surface area contributed by atoms with Crippen LogP contribution in [0.25, 0.3) is 10.2 Å². The summed E-state index contributed by atoms with van der Waals surface area (Å²) < 4.78 is 0.975. The lowest BCUT2D eigenvalue weighted by Gasteiger charge is -2.22. The van der Waals surface area contributed by atoms with Gasteiger partial charge in [0.05, 0.1) is 27.9 Å². The number of fused-ring (bicyclic) bond motifs is 2. The fourth-order valence-corrected chi connectivity index (χ4v) is 5.30. The average Bonchev–Trinajstić information content (AvgIpc) is 3.37. The van der Waals surface area contributed by atoms with Crippen LogP contribution in [-0.2, 0) is 11.3 Å². The lowest BCUT2D eigenvalue weighted by molar-refractivity contribution is -0.119. The first-order valence-electron chi connectivity index (χ1n) is 10.3. The standard InChI is InChI=1S/C25H19N3O3S2/c1-32-17-11-12-20-21(13-17)33-25(26-20)27(14-16-7-3-2-4-8-16)22(29)15-28-23(30)18-9-5-6-10-19(18)24(28)31/h2-13H,14-15H2,1H3. The van der Waals surface area contributed by atoms with Crippen molar-refractivity contribution in [2.45, 2.75) is 11.4 Å². The zero-order chi connectivity index (χ0) is 22.9. The number of carbonyl (C=O) groups excluding carboxylic acids is 3. The normalized spacial score (nSPS) is 12.9. The Hall–Kier alpha value is -3.49. The number of rotatable bonds is 6. The maximum absolute atomic E-state index is 13.5. The van der Waals surface area contributed by atoms with Crippen LogP contribution in [-0.4, -0.2) is 40.4 Å². The first kappa shape index (κ1) is 21.4. The molecule has 1 aliphatic heterocycles. The van der Waals surface area contributed by atoms with Crippen molar-refractivity contribution in [2.24, 2.45) is 0 Å². The van der Waals surface area contributed by atoms with E-state index in [1.807, 2.05) is 48.7 Å². The summed E-state index contributed by atoms with van der Waals surface area (Å²) in [6, 6.07) is 22.2. The first-order chi connectivity index (χ1) is 16.0. The van der Waals surface area contributed by atoms with Gasteiger partial charge < -0.3 is 0 Å². The van der Waals surface area contributed by atoms with Crippen LogP contribution < -0.4 is 4.90 Å². The number of thiazole rings is 1. The molecule has 0 N–H and O–H groups in total. The van der Waals surface area contributed by atoms with Gasteiger partial charge in [-0.3, -0.25) is 24.2 Å². The van der Waals surface area contributed by atoms with Gasteiger partial charge in [-0.1, -0.05) is 53.8 Å². The Bertz CT molecular complexity index is 1350. The molecule has 0 aliphatic carbocycles. The number of carbonyl (C=O) groups is 3. The van der Waals surface area contributed by atoms with Gasteiger partial charge in [-0.25, -0.2) is 4.98 Å². The fraction of sp³-hybridized carbons (Fsp3) is 0.120. The molecule has 3 aromatic carbocycles. The summed E-state index contributed by atoms with van der Waals surface area (Å²) in [6.45, 7) is -0.0524. The number of imide groups is 1. The van der Waals surface area contributed by atoms with E-state index in [-0.39, 0.29) is 19.0 Å². The minimum Gasteiger partial charge on any atom is -0.282 e. The Balaban J connectivity index is 1.48. The number of aromatic nitrogens is 1. The van der Waals surface area contributed by atoms with Gasteiger partial charge in [0.15, 0.2) is 5.13 Å². The van der Waals surface area contributed by atoms with E-state index >= 15 is 0 Å². The van der Waals surface area contributed by atoms with E-state index in [9.17, 15) is 14.4 Å². The predicted molar refractivity (Wildman–Crippen MR) is 131 cm³/mol. The van der Waals surface area contributed by atoms with E-state index < -0.39 is 11.8 Å². The zero-order valence-corrected chi connectivity index (χ0v) is 19.4. The summed E-state index contributed by atoms with van der Waals surface area (Å²) >= 11 is 3.06. The predicted octanol–water partition coefficient (Wildman–Crippen LogP) is 4.85. The molecule has 0 radical (unpaired) electrons. The molecule has 0 bridgehead atoms. The fourth-order valence-electron chi connectivity index (χ4n) is 3.77. The van der Waals surface area contributed by atoms with Crippen LogP contribution in [0, 0.1) is 0 Å². The lowest BCUT2D eigenvalue weighted by atomic mass is 10.1. The summed E-state index contributed by atoms with van der Waals surface area (Å²) in [5, 5.41) is 0.536. The zero-order valence-electron chi connectivity index (χ0n) is 17.7. The molecule has 3 amide bonds. The maximum atomic E-state index is 13.5. The summed E-state index contributed by atoms with van der Waals surface area (Å²) in [4.78, 5) is 47.4. The minimum absolute atomic E-state index is 0.290. The molecule has 1 aromatic heterocycles. The second kappa shape index (κ2) is 8.80. The Kier molecular flexibility index (Phi) is 5.70. The molecule has 5 rings (SSSR count). The topological polar surface area (TPSA) is 70.6 Å². The minimum atomic E-state index is -0.447. The third-order valence-electron chi connectivity index (χ3n) is 5.47. The number of hydrogen-bond donors (Lipinski definition) is 0. The van der Waals surface area contributed by atoms with Crippen molar-refractivity contribution in [3.05, 3.63) is 89.5 Å². The second-order valence-corrected chi connectivity index (χ2v) is 9.43. The summed E-state index contributed by atoms with van der Waals surface area (Å²) in [5.74, 6) is -1.26. The molecular formula is C25H19N3O3S2. The van der Waals surface area contributed by atoms with Crippen molar-refractivity contribution < 1.29 is 14.4 Å². The Morgan fingerprint density at radius 3 is 2.30 bits per heavy atom. The molecule has 0 unspecified atom stereocenters. The molecule has 33 heavy (non-hydrogen) atoms. The second-order valence-electron chi connectivity index (χ2n) is 7.54. The Morgan fingerprint density at radius 1 is 0.970 bits per heavy atom. The van der Waals surface area contributed by atoms with E-state index in [4.69, 9.17) is 0 Å². The molecule has 6 nitrogen and oxygen atoms in total. The van der Waals surface area contributed by atoms with Crippen LogP contribution in [0.5, 0.6) is 0 Å². The summed E-state index contributed by atoms with van der Waals surface area (Å²) in [6.07, 6.45) is 2.01. The first-order valence-corrected chi connectivity index (χ1v) is 12.3. The van der Waals surface area contributed by atoms with Crippen LogP contribution in [0.1, 0.15) is 26.3 Å². The van der Waals surface area contributed by atoms with Crippen LogP contribution >= 0.6 is 23.1 Å². The van der Waals surface area contributed by atoms with E-state index in [2.05, 4.69) is 11.1 Å². The van der Waals surface area contributed by atoms with Gasteiger partial charge in [0, 0.05) is 4.90 Å². The highest BCUT2D eigenvalue weighted by Gasteiger charge is 2.37. The number of nitrogens with zero attached hydrogens (tertiary/aromatic N) is 3. The number of anilines is 1. The van der Waals surface area contributed by atoms with Crippen LogP contribution in [0.4, 0.5) is 5.13 Å². The summed E-state index contributed by atoms with van der Waals surface area (Å²) in [7, 11) is 0. The molecule has 0 fully saturated rings. The van der Waals surface area contributed by atoms with Gasteiger partial charge in [-0.15, -0.1) is 11.8 Å². The van der Waals surface area contributed by atoms with E-state index in [0.717, 1.165) is 25.6 Å². The maximum Gasteiger partial charge on any atom is 0.262 e. The highest BCUT2D eigenvalue weighted by molar-refractivity contribution is 7.98. The molecule has 1 aliphatic rings. The van der Waals surface area contributed by atoms with E-state index in [0.29, 0.717) is 16.3 Å². The molecule has 4 aromatic rings. The van der Waals surface area contributed by atoms with Crippen molar-refractivity contribution >= 4 is 56.2 Å². The summed E-state index contributed by atoms with van der Waals surface area (Å²) in [5.41, 5.74) is 2.39. The van der Waals surface area contributed by atoms with Gasteiger partial charge in [-0.05, 0) is 42.2 Å². The number of amides is 3. The molecule has 8 heteroatoms. The van der Waals surface area contributed by atoms with Crippen molar-refractivity contribution in [2.75, 3.05) is 17.7 Å². The van der Waals surface area contributed by atoms with Gasteiger partial charge in [0.2, 0.25) is 5.91 Å². The van der Waals surface area contributed by atoms with Crippen molar-refractivity contribution in [1.82, 2.24) is 9.88 Å². The van der Waals surface area contributed by atoms with E-state index in [1.54, 1.807) is 40.9 Å². The lowest BCUT2D eigenvalue weighted by Crippen LogP contribution is -2.42. The average molecular weight is 474 g/mol. The molecular weight excluding hydrogens is 454 g/mol. The Morgan fingerprint density at radius 2 is 1.64 bits per heavy atom. The molecule has 2 heterocycles. The van der Waals surface area contributed by atoms with Crippen LogP contribution in [0.2, 0.25) is 0 Å². The monoisotopic (exact) mass is 473 g/mol. The highest BCUT2D eigenvalue weighted by atomic mass is 32.2. The Labute approximate surface area is 198 Å². The van der Waals surface area contributed by atoms with Crippen molar-refractivity contribution in [3.8, 4) is 0 Å². The van der Waals surface area contributed by atoms with Gasteiger partial charge in [0.1, 0.15) is 6.54 Å². The van der Waals surface area contributed by atoms with Gasteiger partial charge in [-0.2, -0.15) is 0 Å². The van der Waals surface area contributed by atoms with Gasteiger partial charge >= 0.3 is 0 Å². The largest absolute Gasteiger partial charge is 0.282 e. The quantitative estimate of drug-likeness (QED) is 0.296. The molecule has 0 saturated carbocycles. The molecule has 164 valence electrons. The van der Waals surface area contributed by atoms with Crippen molar-refractivity contribution in [3.63, 3.8) is 0 Å². The number of hydrogen-bond acceptors (Lipinski definition) is 6. The molecule has 0 atom stereocenters. The SMILES string of the molecule is CSc1ccc2nc(N(Cc3ccccc3)C(=O)CN3C(=O)c4ccccc4C3=O)sc2c1. The molecule has 0 saturated heterocycles. The third-order valence-corrected chi connectivity index (χ3v) is 7.24. The van der Waals surface area contributed by atoms with Crippen LogP contribution in [0.3, 0.4) is 0 Å². The number of thioether (sulfide) groups is 1. The van der Waals surface area contributed by atoms with Gasteiger partial charge in [0.25, 0.3) is 11.8 Å². The van der Waals surface area contributed by atoms with Crippen LogP contribution in [0.15, 0.2) is 77.7 Å². The third kappa shape index (κ3) is 4.03. The van der Waals surface area contributed by atoms with Crippen molar-refractivity contribution in [1.29, 1.82) is 0 Å². The highest BCUT2D eigenvalue weighted by Crippen LogP contribution is 2.33. The number of benzene rings is 3. The van der Waals surface area contributed by atoms with E-state index in [1.165, 1.54) is 11.3 Å². The molecule has 0 spiro atoms.